The number of carboxylic acids is 1. The van der Waals surface area contributed by atoms with Gasteiger partial charge in [-0.2, -0.15) is 5.10 Å². The number of carbonyl (C=O) groups is 2. The van der Waals surface area contributed by atoms with Gasteiger partial charge in [-0.25, -0.2) is 0 Å². The molecular formula is C15H17N3O4. The van der Waals surface area contributed by atoms with Crippen LogP contribution < -0.4 is 5.32 Å². The quantitative estimate of drug-likeness (QED) is 0.811. The first-order valence-electron chi connectivity index (χ1n) is 6.82. The maximum absolute atomic E-state index is 12.3. The first-order valence-corrected chi connectivity index (χ1v) is 6.82. The van der Waals surface area contributed by atoms with E-state index in [9.17, 15) is 9.59 Å². The van der Waals surface area contributed by atoms with Gasteiger partial charge in [-0.15, -0.1) is 0 Å². The van der Waals surface area contributed by atoms with Crippen molar-refractivity contribution >= 4 is 17.7 Å². The van der Waals surface area contributed by atoms with E-state index in [2.05, 4.69) is 10.4 Å². The molecule has 7 heteroatoms. The van der Waals surface area contributed by atoms with E-state index in [4.69, 9.17) is 9.84 Å². The van der Waals surface area contributed by atoms with Crippen molar-refractivity contribution in [3.63, 3.8) is 0 Å². The molecular weight excluding hydrogens is 286 g/mol. The van der Waals surface area contributed by atoms with Crippen molar-refractivity contribution in [3.05, 3.63) is 48.2 Å². The zero-order valence-electron chi connectivity index (χ0n) is 12.1. The normalized spacial score (nSPS) is 11.9. The molecule has 1 heterocycles. The Morgan fingerprint density at radius 2 is 2.05 bits per heavy atom. The molecule has 1 aromatic carbocycles. The number of amides is 1. The van der Waals surface area contributed by atoms with Crippen LogP contribution in [-0.4, -0.2) is 33.4 Å². The number of nitrogens with zero attached hydrogens (tertiary/aromatic N) is 2. The Bertz CT molecular complexity index is 639. The second-order valence-electron chi connectivity index (χ2n) is 4.53. The van der Waals surface area contributed by atoms with Crippen molar-refractivity contribution < 1.29 is 19.4 Å². The summed E-state index contributed by atoms with van der Waals surface area (Å²) in [6.07, 6.45) is 0.748. The smallest absolute Gasteiger partial charge is 0.325 e. The minimum Gasteiger partial charge on any atom is -0.480 e. The molecule has 1 unspecified atom stereocenters. The third-order valence-electron chi connectivity index (χ3n) is 2.86. The molecule has 0 aliphatic rings. The van der Waals surface area contributed by atoms with Gasteiger partial charge in [-0.1, -0.05) is 30.3 Å². The minimum atomic E-state index is -1.00. The van der Waals surface area contributed by atoms with Gasteiger partial charge >= 0.3 is 5.97 Å². The van der Waals surface area contributed by atoms with Crippen LogP contribution in [0.25, 0.3) is 0 Å². The minimum absolute atomic E-state index is 0.260. The Kier molecular flexibility index (Phi) is 5.26. The maximum atomic E-state index is 12.3. The average Bonchev–Trinajstić information content (AvgIpc) is 2.91. The molecule has 2 N–H and O–H groups in total. The molecule has 0 aliphatic heterocycles. The topological polar surface area (TPSA) is 93.5 Å². The van der Waals surface area contributed by atoms with Crippen molar-refractivity contribution in [1.82, 2.24) is 9.78 Å². The number of carboxylic acid groups (broad SMARTS) is 1. The highest BCUT2D eigenvalue weighted by Crippen LogP contribution is 2.19. The van der Waals surface area contributed by atoms with E-state index in [1.54, 1.807) is 0 Å². The monoisotopic (exact) mass is 303 g/mol. The van der Waals surface area contributed by atoms with Gasteiger partial charge < -0.3 is 15.2 Å². The second kappa shape index (κ2) is 7.37. The lowest BCUT2D eigenvalue weighted by Crippen LogP contribution is -2.24. The van der Waals surface area contributed by atoms with Crippen LogP contribution in [0.1, 0.15) is 18.6 Å². The third-order valence-corrected chi connectivity index (χ3v) is 2.86. The summed E-state index contributed by atoms with van der Waals surface area (Å²) in [6, 6.07) is 10.7. The Labute approximate surface area is 127 Å². The number of ether oxygens (including phenoxy) is 1. The molecule has 0 spiro atoms. The van der Waals surface area contributed by atoms with E-state index < -0.39 is 12.1 Å². The van der Waals surface area contributed by atoms with Crippen LogP contribution in [-0.2, 0) is 20.9 Å². The summed E-state index contributed by atoms with van der Waals surface area (Å²) in [5, 5.41) is 15.3. The summed E-state index contributed by atoms with van der Waals surface area (Å²) in [6.45, 7) is 1.94. The third kappa shape index (κ3) is 4.16. The fourth-order valence-electron chi connectivity index (χ4n) is 1.96. The Morgan fingerprint density at radius 1 is 1.32 bits per heavy atom. The fourth-order valence-corrected chi connectivity index (χ4v) is 1.96. The van der Waals surface area contributed by atoms with E-state index in [1.165, 1.54) is 16.9 Å². The molecule has 0 bridgehead atoms. The summed E-state index contributed by atoms with van der Waals surface area (Å²) in [5.41, 5.74) is 0.742. The number of anilines is 1. The molecule has 1 atom stereocenters. The summed E-state index contributed by atoms with van der Waals surface area (Å²) in [5.74, 6) is -1.07. The van der Waals surface area contributed by atoms with Gasteiger partial charge in [0.2, 0.25) is 0 Å². The number of nitrogens with one attached hydrogen (secondary N) is 1. The molecule has 0 fully saturated rings. The number of carbonyl (C=O) groups excluding carboxylic acids is 1. The van der Waals surface area contributed by atoms with E-state index in [0.717, 1.165) is 5.56 Å². The van der Waals surface area contributed by atoms with Crippen LogP contribution in [0.15, 0.2) is 42.6 Å². The first kappa shape index (κ1) is 15.7. The molecule has 22 heavy (non-hydrogen) atoms. The van der Waals surface area contributed by atoms with Crippen molar-refractivity contribution in [2.75, 3.05) is 11.9 Å². The van der Waals surface area contributed by atoms with Crippen molar-refractivity contribution in [1.29, 1.82) is 0 Å². The van der Waals surface area contributed by atoms with E-state index in [0.29, 0.717) is 6.61 Å². The van der Waals surface area contributed by atoms with Crippen LogP contribution in [0.4, 0.5) is 5.82 Å². The van der Waals surface area contributed by atoms with E-state index in [-0.39, 0.29) is 18.3 Å². The highest BCUT2D eigenvalue weighted by Gasteiger charge is 2.21. The second-order valence-corrected chi connectivity index (χ2v) is 4.53. The number of hydrogen-bond donors (Lipinski definition) is 2. The van der Waals surface area contributed by atoms with Crippen LogP contribution in [0, 0.1) is 0 Å². The number of aliphatic carboxylic acids is 1. The van der Waals surface area contributed by atoms with Crippen LogP contribution in [0.5, 0.6) is 0 Å². The molecule has 7 nitrogen and oxygen atoms in total. The molecule has 2 aromatic rings. The lowest BCUT2D eigenvalue weighted by atomic mass is 10.1. The Hall–Kier alpha value is -2.67. The molecule has 2 rings (SSSR count). The highest BCUT2D eigenvalue weighted by molar-refractivity contribution is 5.94. The maximum Gasteiger partial charge on any atom is 0.325 e. The molecule has 1 aromatic heterocycles. The first-order chi connectivity index (χ1) is 10.6. The summed E-state index contributed by atoms with van der Waals surface area (Å²) >= 11 is 0. The summed E-state index contributed by atoms with van der Waals surface area (Å²) in [7, 11) is 0. The number of rotatable bonds is 7. The highest BCUT2D eigenvalue weighted by atomic mass is 16.5. The molecule has 1 amide bonds. The Morgan fingerprint density at radius 3 is 2.68 bits per heavy atom. The predicted octanol–water partition coefficient (Wildman–Crippen LogP) is 1.68. The standard InChI is InChI=1S/C15H17N3O4/c1-2-22-14(11-6-4-3-5-7-11)15(21)16-12-8-9-18(17-12)10-13(19)20/h3-9,14H,2,10H2,1H3,(H,19,20)(H,16,17,21). The van der Waals surface area contributed by atoms with Crippen molar-refractivity contribution in [2.24, 2.45) is 0 Å². The predicted molar refractivity (Wildman–Crippen MR) is 79.3 cm³/mol. The Balaban J connectivity index is 2.08. The number of benzene rings is 1. The van der Waals surface area contributed by atoms with Crippen LogP contribution >= 0.6 is 0 Å². The van der Waals surface area contributed by atoms with Crippen LogP contribution in [0.3, 0.4) is 0 Å². The van der Waals surface area contributed by atoms with Gasteiger partial charge in [-0.05, 0) is 12.5 Å². The molecule has 0 saturated heterocycles. The van der Waals surface area contributed by atoms with Gasteiger partial charge in [0.05, 0.1) is 0 Å². The fraction of sp³-hybridized carbons (Fsp3) is 0.267. The molecule has 116 valence electrons. The van der Waals surface area contributed by atoms with Crippen LogP contribution in [0.2, 0.25) is 0 Å². The molecule has 0 radical (unpaired) electrons. The molecule has 0 aliphatic carbocycles. The van der Waals surface area contributed by atoms with Crippen molar-refractivity contribution in [2.45, 2.75) is 19.6 Å². The van der Waals surface area contributed by atoms with E-state index >= 15 is 0 Å². The number of aromatic nitrogens is 2. The lowest BCUT2D eigenvalue weighted by molar-refractivity contribution is -0.137. The van der Waals surface area contributed by atoms with Gasteiger partial charge in [0.15, 0.2) is 11.9 Å². The number of hydrogen-bond acceptors (Lipinski definition) is 4. The largest absolute Gasteiger partial charge is 0.480 e. The van der Waals surface area contributed by atoms with Crippen molar-refractivity contribution in [3.8, 4) is 0 Å². The SMILES string of the molecule is CCOC(C(=O)Nc1ccn(CC(=O)O)n1)c1ccccc1. The van der Waals surface area contributed by atoms with Gasteiger partial charge in [0.1, 0.15) is 6.54 Å². The zero-order valence-corrected chi connectivity index (χ0v) is 12.1. The lowest BCUT2D eigenvalue weighted by Gasteiger charge is -2.16. The molecule has 0 saturated carbocycles. The van der Waals surface area contributed by atoms with Gasteiger partial charge in [0.25, 0.3) is 5.91 Å². The van der Waals surface area contributed by atoms with Gasteiger partial charge in [-0.3, -0.25) is 14.3 Å². The summed E-state index contributed by atoms with van der Waals surface area (Å²) in [4.78, 5) is 22.9. The zero-order chi connectivity index (χ0) is 15.9. The average molecular weight is 303 g/mol. The van der Waals surface area contributed by atoms with E-state index in [1.807, 2.05) is 37.3 Å². The van der Waals surface area contributed by atoms with Gasteiger partial charge in [0, 0.05) is 18.9 Å². The summed E-state index contributed by atoms with van der Waals surface area (Å²) < 4.78 is 6.72.